The summed E-state index contributed by atoms with van der Waals surface area (Å²) in [6, 6.07) is 14.3. The van der Waals surface area contributed by atoms with Crippen molar-refractivity contribution >= 4 is 21.6 Å². The van der Waals surface area contributed by atoms with Gasteiger partial charge >= 0.3 is 0 Å². The Morgan fingerprint density at radius 2 is 1.64 bits per heavy atom. The van der Waals surface area contributed by atoms with Crippen LogP contribution in [0, 0.1) is 13.8 Å². The summed E-state index contributed by atoms with van der Waals surface area (Å²) in [7, 11) is -3.59. The number of hydrogen-bond acceptors (Lipinski definition) is 6. The van der Waals surface area contributed by atoms with Crippen molar-refractivity contribution in [3.05, 3.63) is 65.5 Å². The Morgan fingerprint density at radius 3 is 2.24 bits per heavy atom. The molecule has 4 rings (SSSR count). The van der Waals surface area contributed by atoms with E-state index in [0.717, 1.165) is 17.0 Å². The van der Waals surface area contributed by atoms with Crippen molar-refractivity contribution in [1.82, 2.24) is 14.2 Å². The van der Waals surface area contributed by atoms with Crippen LogP contribution in [-0.4, -0.2) is 54.7 Å². The molecular weight excluding hydrogens is 440 g/mol. The van der Waals surface area contributed by atoms with Crippen molar-refractivity contribution in [2.24, 2.45) is 0 Å². The van der Waals surface area contributed by atoms with Crippen molar-refractivity contribution in [3.63, 3.8) is 0 Å². The third kappa shape index (κ3) is 5.32. The third-order valence-electron chi connectivity index (χ3n) is 5.71. The molecule has 3 aromatic rings. The zero-order valence-corrected chi connectivity index (χ0v) is 19.9. The smallest absolute Gasteiger partial charge is 0.243 e. The van der Waals surface area contributed by atoms with Crippen LogP contribution < -0.4 is 5.32 Å². The van der Waals surface area contributed by atoms with Gasteiger partial charge in [0.2, 0.25) is 21.8 Å². The van der Waals surface area contributed by atoms with Crippen LogP contribution in [0.25, 0.3) is 11.5 Å². The van der Waals surface area contributed by atoms with Gasteiger partial charge in [-0.15, -0.1) is 0 Å². The molecule has 0 bridgehead atoms. The summed E-state index contributed by atoms with van der Waals surface area (Å²) in [6.45, 7) is 7.98. The number of nitrogens with one attached hydrogen (secondary N) is 1. The summed E-state index contributed by atoms with van der Waals surface area (Å²) < 4.78 is 33.4. The summed E-state index contributed by atoms with van der Waals surface area (Å²) in [6.07, 6.45) is 0. The molecule has 0 spiro atoms. The molecule has 1 saturated heterocycles. The number of benzene rings is 2. The highest BCUT2D eigenvalue weighted by molar-refractivity contribution is 7.89. The molecule has 0 saturated carbocycles. The lowest BCUT2D eigenvalue weighted by atomic mass is 10.1. The van der Waals surface area contributed by atoms with Gasteiger partial charge in [-0.05, 0) is 50.2 Å². The monoisotopic (exact) mass is 468 g/mol. The fraction of sp³-hybridized carbons (Fsp3) is 0.333. The van der Waals surface area contributed by atoms with E-state index in [0.29, 0.717) is 44.3 Å². The predicted molar refractivity (Wildman–Crippen MR) is 126 cm³/mol. The van der Waals surface area contributed by atoms with Crippen LogP contribution in [0.4, 0.5) is 5.69 Å². The van der Waals surface area contributed by atoms with E-state index < -0.39 is 10.0 Å². The standard InChI is InChI=1S/C24H28N4O4S/c1-17-4-6-20(7-5-17)24-26-23(18(2)32-24)16-27-12-14-28(15-13-27)33(30,31)22-10-8-21(9-11-22)25-19(3)29/h4-11H,12-16H2,1-3H3,(H,25,29). The highest BCUT2D eigenvalue weighted by Crippen LogP contribution is 2.24. The van der Waals surface area contributed by atoms with Gasteiger partial charge < -0.3 is 9.73 Å². The summed E-state index contributed by atoms with van der Waals surface area (Å²) in [5.41, 5.74) is 3.56. The lowest BCUT2D eigenvalue weighted by Gasteiger charge is -2.33. The molecule has 1 aromatic heterocycles. The number of nitrogens with zero attached hydrogens (tertiary/aromatic N) is 3. The highest BCUT2D eigenvalue weighted by Gasteiger charge is 2.29. The van der Waals surface area contributed by atoms with Crippen LogP contribution in [0.5, 0.6) is 0 Å². The summed E-state index contributed by atoms with van der Waals surface area (Å²) in [5.74, 6) is 1.18. The van der Waals surface area contributed by atoms with Crippen LogP contribution in [0.3, 0.4) is 0 Å². The Hall–Kier alpha value is -3.01. The second kappa shape index (κ2) is 9.46. The molecule has 33 heavy (non-hydrogen) atoms. The maximum Gasteiger partial charge on any atom is 0.243 e. The summed E-state index contributed by atoms with van der Waals surface area (Å²) in [5, 5.41) is 2.64. The molecule has 0 aliphatic carbocycles. The number of anilines is 1. The van der Waals surface area contributed by atoms with E-state index in [9.17, 15) is 13.2 Å². The average Bonchev–Trinajstić information content (AvgIpc) is 3.14. The minimum Gasteiger partial charge on any atom is -0.441 e. The minimum atomic E-state index is -3.59. The van der Waals surface area contributed by atoms with E-state index in [2.05, 4.69) is 15.2 Å². The van der Waals surface area contributed by atoms with E-state index in [1.54, 1.807) is 12.1 Å². The number of oxazole rings is 1. The first-order valence-corrected chi connectivity index (χ1v) is 12.3. The van der Waals surface area contributed by atoms with Gasteiger partial charge in [-0.2, -0.15) is 4.31 Å². The van der Waals surface area contributed by atoms with Gasteiger partial charge in [-0.1, -0.05) is 17.7 Å². The molecule has 2 aromatic carbocycles. The zero-order chi connectivity index (χ0) is 23.6. The molecule has 9 heteroatoms. The van der Waals surface area contributed by atoms with Gasteiger partial charge in [0.15, 0.2) is 0 Å². The van der Waals surface area contributed by atoms with E-state index in [1.165, 1.54) is 28.9 Å². The molecule has 1 N–H and O–H groups in total. The number of carbonyl (C=O) groups excluding carboxylic acids is 1. The fourth-order valence-electron chi connectivity index (χ4n) is 3.80. The number of aryl methyl sites for hydroxylation is 2. The van der Waals surface area contributed by atoms with Gasteiger partial charge in [0.25, 0.3) is 0 Å². The number of piperazine rings is 1. The molecule has 1 fully saturated rings. The van der Waals surface area contributed by atoms with Gasteiger partial charge in [0.05, 0.1) is 10.6 Å². The lowest BCUT2D eigenvalue weighted by molar-refractivity contribution is -0.114. The molecule has 1 aliphatic rings. The van der Waals surface area contributed by atoms with E-state index in [4.69, 9.17) is 4.42 Å². The highest BCUT2D eigenvalue weighted by atomic mass is 32.2. The van der Waals surface area contributed by atoms with Crippen molar-refractivity contribution in [1.29, 1.82) is 0 Å². The minimum absolute atomic E-state index is 0.199. The molecule has 0 atom stereocenters. The van der Waals surface area contributed by atoms with Crippen LogP contribution in [0.15, 0.2) is 57.8 Å². The van der Waals surface area contributed by atoms with Gasteiger partial charge in [0, 0.05) is 50.9 Å². The number of sulfonamides is 1. The maximum absolute atomic E-state index is 13.0. The number of hydrogen-bond donors (Lipinski definition) is 1. The first-order chi connectivity index (χ1) is 15.7. The molecule has 8 nitrogen and oxygen atoms in total. The van der Waals surface area contributed by atoms with Crippen LogP contribution >= 0.6 is 0 Å². The van der Waals surface area contributed by atoms with Crippen LogP contribution in [-0.2, 0) is 21.4 Å². The largest absolute Gasteiger partial charge is 0.441 e. The predicted octanol–water partition coefficient (Wildman–Crippen LogP) is 3.42. The first kappa shape index (κ1) is 23.2. The summed E-state index contributed by atoms with van der Waals surface area (Å²) >= 11 is 0. The quantitative estimate of drug-likeness (QED) is 0.596. The Bertz CT molecular complexity index is 1230. The topological polar surface area (TPSA) is 95.8 Å². The fourth-order valence-corrected chi connectivity index (χ4v) is 5.22. The van der Waals surface area contributed by atoms with Crippen molar-refractivity contribution < 1.29 is 17.6 Å². The number of aromatic nitrogens is 1. The van der Waals surface area contributed by atoms with Crippen molar-refractivity contribution in [2.75, 3.05) is 31.5 Å². The van der Waals surface area contributed by atoms with E-state index >= 15 is 0 Å². The Labute approximate surface area is 194 Å². The summed E-state index contributed by atoms with van der Waals surface area (Å²) in [4.78, 5) is 18.2. The lowest BCUT2D eigenvalue weighted by Crippen LogP contribution is -2.48. The molecule has 1 aliphatic heterocycles. The van der Waals surface area contributed by atoms with E-state index in [1.807, 2.05) is 38.1 Å². The Balaban J connectivity index is 1.38. The molecular formula is C24H28N4O4S. The molecule has 1 amide bonds. The third-order valence-corrected chi connectivity index (χ3v) is 7.62. The van der Waals surface area contributed by atoms with Gasteiger partial charge in [-0.3, -0.25) is 9.69 Å². The number of rotatable bonds is 6. The molecule has 2 heterocycles. The normalized spacial score (nSPS) is 15.5. The maximum atomic E-state index is 13.0. The first-order valence-electron chi connectivity index (χ1n) is 10.9. The molecule has 174 valence electrons. The second-order valence-corrected chi connectivity index (χ2v) is 10.2. The van der Waals surface area contributed by atoms with Crippen molar-refractivity contribution in [3.8, 4) is 11.5 Å². The number of carbonyl (C=O) groups is 1. The Morgan fingerprint density at radius 1 is 1.00 bits per heavy atom. The molecule has 0 radical (unpaired) electrons. The Kier molecular flexibility index (Phi) is 6.64. The molecule has 0 unspecified atom stereocenters. The SMILES string of the molecule is CC(=O)Nc1ccc(S(=O)(=O)N2CCN(Cc3nc(-c4ccc(C)cc4)oc3C)CC2)cc1. The van der Waals surface area contributed by atoms with Gasteiger partial charge in [-0.25, -0.2) is 13.4 Å². The van der Waals surface area contributed by atoms with E-state index in [-0.39, 0.29) is 10.8 Å². The zero-order valence-electron chi connectivity index (χ0n) is 19.0. The van der Waals surface area contributed by atoms with Crippen LogP contribution in [0.2, 0.25) is 0 Å². The number of amides is 1. The van der Waals surface area contributed by atoms with Gasteiger partial charge in [0.1, 0.15) is 5.76 Å². The van der Waals surface area contributed by atoms with Crippen LogP contribution in [0.1, 0.15) is 23.9 Å². The average molecular weight is 469 g/mol. The second-order valence-electron chi connectivity index (χ2n) is 8.27. The van der Waals surface area contributed by atoms with Crippen molar-refractivity contribution in [2.45, 2.75) is 32.2 Å².